The van der Waals surface area contributed by atoms with E-state index in [1.807, 2.05) is 12.1 Å². The minimum atomic E-state index is -2.89. The zero-order valence-corrected chi connectivity index (χ0v) is 18.0. The van der Waals surface area contributed by atoms with Crippen molar-refractivity contribution in [1.82, 2.24) is 19.8 Å². The van der Waals surface area contributed by atoms with Gasteiger partial charge in [-0.05, 0) is 41.8 Å². The number of amides is 1. The summed E-state index contributed by atoms with van der Waals surface area (Å²) in [5.74, 6) is 6.53. The lowest BCUT2D eigenvalue weighted by molar-refractivity contribution is -0.127. The van der Waals surface area contributed by atoms with Gasteiger partial charge in [0.25, 0.3) is 0 Å². The van der Waals surface area contributed by atoms with Crippen LogP contribution in [-0.4, -0.2) is 45.1 Å². The smallest absolute Gasteiger partial charge is 0.387 e. The average Bonchev–Trinajstić information content (AvgIpc) is 3.13. The molecule has 0 aliphatic rings. The molecule has 0 aliphatic heterocycles. The monoisotopic (exact) mass is 447 g/mol. The number of aromatic nitrogens is 3. The van der Waals surface area contributed by atoms with Crippen LogP contribution in [0.15, 0.2) is 53.7 Å². The number of alkyl halides is 2. The third-order valence-electron chi connectivity index (χ3n) is 4.60. The first-order valence-corrected chi connectivity index (χ1v) is 10.6. The summed E-state index contributed by atoms with van der Waals surface area (Å²) in [6, 6.07) is 14.1. The second-order valence-corrected chi connectivity index (χ2v) is 7.73. The molecule has 3 aromatic rings. The Labute approximate surface area is 183 Å². The van der Waals surface area contributed by atoms with Gasteiger partial charge in [0.05, 0.1) is 5.75 Å². The number of rotatable bonds is 9. The second-order valence-electron chi connectivity index (χ2n) is 6.79. The standard InChI is InChI=1S/C21H23F2N5O2S/c1-3-14-4-6-15(7-5-14)12-27(2)18(29)13-31-21-26-25-19(28(21)24)16-8-10-17(11-9-16)30-20(22)23/h4-11,20H,3,12-13,24H2,1-2H3. The molecular weight excluding hydrogens is 424 g/mol. The van der Waals surface area contributed by atoms with E-state index in [0.717, 1.165) is 12.0 Å². The summed E-state index contributed by atoms with van der Waals surface area (Å²) in [5.41, 5.74) is 2.89. The van der Waals surface area contributed by atoms with Crippen LogP contribution in [0.2, 0.25) is 0 Å². The molecule has 0 unspecified atom stereocenters. The number of thioether (sulfide) groups is 1. The van der Waals surface area contributed by atoms with Gasteiger partial charge in [-0.3, -0.25) is 4.79 Å². The third kappa shape index (κ3) is 5.94. The normalized spacial score (nSPS) is 11.0. The Morgan fingerprint density at radius 2 is 1.77 bits per heavy atom. The molecule has 1 aromatic heterocycles. The predicted molar refractivity (Wildman–Crippen MR) is 115 cm³/mol. The zero-order valence-electron chi connectivity index (χ0n) is 17.2. The van der Waals surface area contributed by atoms with E-state index in [4.69, 9.17) is 5.84 Å². The van der Waals surface area contributed by atoms with E-state index in [-0.39, 0.29) is 17.4 Å². The highest BCUT2D eigenvalue weighted by Gasteiger charge is 2.16. The van der Waals surface area contributed by atoms with Crippen LogP contribution in [0.1, 0.15) is 18.1 Å². The van der Waals surface area contributed by atoms with Gasteiger partial charge in [-0.15, -0.1) is 10.2 Å². The number of nitrogens with two attached hydrogens (primary N) is 1. The maximum absolute atomic E-state index is 12.5. The van der Waals surface area contributed by atoms with Crippen LogP contribution in [0.25, 0.3) is 11.4 Å². The number of hydrogen-bond donors (Lipinski definition) is 1. The molecule has 0 saturated heterocycles. The van der Waals surface area contributed by atoms with Crippen LogP contribution in [0.5, 0.6) is 5.75 Å². The topological polar surface area (TPSA) is 86.3 Å². The largest absolute Gasteiger partial charge is 0.435 e. The van der Waals surface area contributed by atoms with Crippen molar-refractivity contribution in [3.63, 3.8) is 0 Å². The fourth-order valence-electron chi connectivity index (χ4n) is 2.84. The summed E-state index contributed by atoms with van der Waals surface area (Å²) in [6.07, 6.45) is 0.973. The fraction of sp³-hybridized carbons (Fsp3) is 0.286. The molecule has 31 heavy (non-hydrogen) atoms. The number of ether oxygens (including phenoxy) is 1. The Bertz CT molecular complexity index is 1010. The molecule has 0 spiro atoms. The molecule has 10 heteroatoms. The van der Waals surface area contributed by atoms with E-state index in [0.29, 0.717) is 23.1 Å². The number of nitrogens with zero attached hydrogens (tertiary/aromatic N) is 4. The van der Waals surface area contributed by atoms with Gasteiger partial charge in [0.1, 0.15) is 5.75 Å². The van der Waals surface area contributed by atoms with Crippen LogP contribution >= 0.6 is 11.8 Å². The highest BCUT2D eigenvalue weighted by atomic mass is 32.2. The lowest BCUT2D eigenvalue weighted by atomic mass is 10.1. The van der Waals surface area contributed by atoms with Crippen molar-refractivity contribution in [2.45, 2.75) is 31.7 Å². The summed E-state index contributed by atoms with van der Waals surface area (Å²) >= 11 is 1.18. The molecule has 1 heterocycles. The Balaban J connectivity index is 1.58. The van der Waals surface area contributed by atoms with Gasteiger partial charge in [0.15, 0.2) is 5.82 Å². The molecule has 2 N–H and O–H groups in total. The minimum Gasteiger partial charge on any atom is -0.435 e. The molecule has 0 atom stereocenters. The molecule has 7 nitrogen and oxygen atoms in total. The highest BCUT2D eigenvalue weighted by Crippen LogP contribution is 2.24. The van der Waals surface area contributed by atoms with Crippen LogP contribution < -0.4 is 10.6 Å². The van der Waals surface area contributed by atoms with E-state index in [1.54, 1.807) is 24.1 Å². The number of aryl methyl sites for hydroxylation is 1. The molecule has 3 rings (SSSR count). The van der Waals surface area contributed by atoms with Crippen molar-refractivity contribution in [2.75, 3.05) is 18.6 Å². The molecule has 0 aliphatic carbocycles. The summed E-state index contributed by atoms with van der Waals surface area (Å²) in [4.78, 5) is 14.1. The van der Waals surface area contributed by atoms with Gasteiger partial charge in [-0.1, -0.05) is 43.0 Å². The van der Waals surface area contributed by atoms with Gasteiger partial charge in [0, 0.05) is 19.2 Å². The number of carbonyl (C=O) groups is 1. The van der Waals surface area contributed by atoms with Crippen LogP contribution in [0.4, 0.5) is 8.78 Å². The summed E-state index contributed by atoms with van der Waals surface area (Å²) in [5, 5.41) is 8.44. The van der Waals surface area contributed by atoms with E-state index in [1.165, 1.54) is 34.1 Å². The van der Waals surface area contributed by atoms with Crippen molar-refractivity contribution in [1.29, 1.82) is 0 Å². The van der Waals surface area contributed by atoms with Crippen molar-refractivity contribution in [2.24, 2.45) is 0 Å². The first-order valence-electron chi connectivity index (χ1n) is 9.57. The highest BCUT2D eigenvalue weighted by molar-refractivity contribution is 7.99. The Hall–Kier alpha value is -3.14. The molecule has 0 fully saturated rings. The third-order valence-corrected chi connectivity index (χ3v) is 5.53. The van der Waals surface area contributed by atoms with Gasteiger partial charge in [-0.25, -0.2) is 4.68 Å². The number of nitrogen functional groups attached to an aromatic ring is 1. The molecule has 2 aromatic carbocycles. The maximum Gasteiger partial charge on any atom is 0.387 e. The first kappa shape index (κ1) is 22.5. The molecule has 164 valence electrons. The van der Waals surface area contributed by atoms with Crippen molar-refractivity contribution in [3.05, 3.63) is 59.7 Å². The Kier molecular flexibility index (Phi) is 7.45. The van der Waals surface area contributed by atoms with E-state index in [9.17, 15) is 13.6 Å². The van der Waals surface area contributed by atoms with Crippen molar-refractivity contribution >= 4 is 17.7 Å². The number of halogens is 2. The van der Waals surface area contributed by atoms with Crippen molar-refractivity contribution < 1.29 is 18.3 Å². The van der Waals surface area contributed by atoms with E-state index in [2.05, 4.69) is 34.0 Å². The van der Waals surface area contributed by atoms with Gasteiger partial charge in [0.2, 0.25) is 11.1 Å². The summed E-state index contributed by atoms with van der Waals surface area (Å²) < 4.78 is 30.1. The SMILES string of the molecule is CCc1ccc(CN(C)C(=O)CSc2nnc(-c3ccc(OC(F)F)cc3)n2N)cc1. The summed E-state index contributed by atoms with van der Waals surface area (Å²) in [6.45, 7) is -0.282. The number of carbonyl (C=O) groups excluding carboxylic acids is 1. The lowest BCUT2D eigenvalue weighted by Crippen LogP contribution is -2.28. The van der Waals surface area contributed by atoms with Gasteiger partial charge >= 0.3 is 6.61 Å². The zero-order chi connectivity index (χ0) is 22.4. The fourth-order valence-corrected chi connectivity index (χ4v) is 3.63. The van der Waals surface area contributed by atoms with Crippen LogP contribution in [0, 0.1) is 0 Å². The average molecular weight is 448 g/mol. The Morgan fingerprint density at radius 3 is 2.39 bits per heavy atom. The van der Waals surface area contributed by atoms with E-state index >= 15 is 0 Å². The predicted octanol–water partition coefficient (Wildman–Crippen LogP) is 3.57. The number of benzene rings is 2. The minimum absolute atomic E-state index is 0.0365. The van der Waals surface area contributed by atoms with Crippen LogP contribution in [0.3, 0.4) is 0 Å². The lowest BCUT2D eigenvalue weighted by Gasteiger charge is -2.17. The van der Waals surface area contributed by atoms with Gasteiger partial charge < -0.3 is 15.5 Å². The van der Waals surface area contributed by atoms with Crippen LogP contribution in [-0.2, 0) is 17.8 Å². The van der Waals surface area contributed by atoms with Crippen molar-refractivity contribution in [3.8, 4) is 17.1 Å². The number of hydrogen-bond acceptors (Lipinski definition) is 6. The second kappa shape index (κ2) is 10.3. The first-order chi connectivity index (χ1) is 14.9. The molecule has 1 amide bonds. The molecular formula is C21H23F2N5O2S. The summed E-state index contributed by atoms with van der Waals surface area (Å²) in [7, 11) is 1.75. The van der Waals surface area contributed by atoms with E-state index < -0.39 is 6.61 Å². The molecule has 0 bridgehead atoms. The Morgan fingerprint density at radius 1 is 1.13 bits per heavy atom. The molecule has 0 radical (unpaired) electrons. The molecule has 0 saturated carbocycles. The van der Waals surface area contributed by atoms with Gasteiger partial charge in [-0.2, -0.15) is 8.78 Å². The maximum atomic E-state index is 12.5. The quantitative estimate of drug-likeness (QED) is 0.399.